The number of hydrogen-bond donors (Lipinski definition) is 1. The van der Waals surface area contributed by atoms with Crippen LogP contribution in [0.4, 0.5) is 0 Å². The number of esters is 1. The van der Waals surface area contributed by atoms with E-state index in [4.69, 9.17) is 10.5 Å². The lowest BCUT2D eigenvalue weighted by Crippen LogP contribution is -2.16. The molecule has 0 aliphatic carbocycles. The van der Waals surface area contributed by atoms with Crippen molar-refractivity contribution in [1.82, 2.24) is 0 Å². The van der Waals surface area contributed by atoms with Crippen molar-refractivity contribution in [1.29, 1.82) is 0 Å². The highest BCUT2D eigenvalue weighted by atomic mass is 32.1. The Labute approximate surface area is 129 Å². The summed E-state index contributed by atoms with van der Waals surface area (Å²) in [5.41, 5.74) is 9.87. The third-order valence-corrected chi connectivity index (χ3v) is 4.65. The lowest BCUT2D eigenvalue weighted by atomic mass is 10.0. The number of aryl methyl sites for hydroxylation is 2. The van der Waals surface area contributed by atoms with E-state index in [2.05, 4.69) is 38.1 Å². The van der Waals surface area contributed by atoms with Crippen molar-refractivity contribution >= 4 is 17.3 Å². The average molecular weight is 303 g/mol. The van der Waals surface area contributed by atoms with E-state index in [1.54, 1.807) is 18.3 Å². The molecule has 0 aliphatic heterocycles. The van der Waals surface area contributed by atoms with Gasteiger partial charge in [-0.1, -0.05) is 18.2 Å². The molecule has 1 unspecified atom stereocenters. The third kappa shape index (κ3) is 3.71. The van der Waals surface area contributed by atoms with Crippen LogP contribution in [0.1, 0.15) is 35.4 Å². The predicted molar refractivity (Wildman–Crippen MR) is 87.4 cm³/mol. The lowest BCUT2D eigenvalue weighted by molar-refractivity contribution is -0.143. The van der Waals surface area contributed by atoms with Crippen LogP contribution in [-0.4, -0.2) is 12.6 Å². The minimum absolute atomic E-state index is 0.223. The number of hydrogen-bond acceptors (Lipinski definition) is 4. The summed E-state index contributed by atoms with van der Waals surface area (Å²) in [6, 6.07) is 10.1. The van der Waals surface area contributed by atoms with Crippen LogP contribution in [0.3, 0.4) is 0 Å². The number of thiophene rings is 1. The Bertz CT molecular complexity index is 613. The van der Waals surface area contributed by atoms with E-state index in [0.29, 0.717) is 6.61 Å². The molecule has 0 amide bonds. The first-order valence-electron chi connectivity index (χ1n) is 7.10. The van der Waals surface area contributed by atoms with Gasteiger partial charge in [0.05, 0.1) is 13.0 Å². The predicted octanol–water partition coefficient (Wildman–Crippen LogP) is 3.98. The number of carbonyl (C=O) groups excluding carboxylic acids is 1. The zero-order valence-electron chi connectivity index (χ0n) is 12.7. The fraction of sp³-hybridized carbons (Fsp3) is 0.353. The van der Waals surface area contributed by atoms with Crippen LogP contribution in [0.2, 0.25) is 0 Å². The Morgan fingerprint density at radius 2 is 1.90 bits per heavy atom. The van der Waals surface area contributed by atoms with E-state index >= 15 is 0 Å². The Hall–Kier alpha value is -1.65. The van der Waals surface area contributed by atoms with E-state index in [9.17, 15) is 4.79 Å². The molecule has 0 fully saturated rings. The molecule has 21 heavy (non-hydrogen) atoms. The first kappa shape index (κ1) is 15.7. The summed E-state index contributed by atoms with van der Waals surface area (Å²) in [6.45, 7) is 6.41. The quantitative estimate of drug-likeness (QED) is 0.850. The summed E-state index contributed by atoms with van der Waals surface area (Å²) in [6.07, 6.45) is 0.223. The number of rotatable bonds is 5. The van der Waals surface area contributed by atoms with Crippen LogP contribution in [0, 0.1) is 13.8 Å². The maximum absolute atomic E-state index is 11.5. The summed E-state index contributed by atoms with van der Waals surface area (Å²) in [5.74, 6) is -0.243. The fourth-order valence-electron chi connectivity index (χ4n) is 2.39. The first-order valence-corrected chi connectivity index (χ1v) is 7.92. The van der Waals surface area contributed by atoms with Gasteiger partial charge in [0.15, 0.2) is 0 Å². The van der Waals surface area contributed by atoms with Gasteiger partial charge >= 0.3 is 5.97 Å². The molecular formula is C17H21NO2S. The molecule has 0 saturated carbocycles. The molecule has 3 nitrogen and oxygen atoms in total. The molecule has 0 bridgehead atoms. The third-order valence-electron chi connectivity index (χ3n) is 3.41. The summed E-state index contributed by atoms with van der Waals surface area (Å²) in [5, 5.41) is 0. The summed E-state index contributed by atoms with van der Waals surface area (Å²) >= 11 is 1.65. The molecule has 4 heteroatoms. The Balaban J connectivity index is 2.20. The maximum Gasteiger partial charge on any atom is 0.307 e. The minimum Gasteiger partial charge on any atom is -0.466 e. The lowest BCUT2D eigenvalue weighted by Gasteiger charge is -2.09. The van der Waals surface area contributed by atoms with Gasteiger partial charge in [-0.3, -0.25) is 4.79 Å². The van der Waals surface area contributed by atoms with Crippen molar-refractivity contribution in [3.05, 3.63) is 46.3 Å². The van der Waals surface area contributed by atoms with Gasteiger partial charge < -0.3 is 10.5 Å². The average Bonchev–Trinajstić information content (AvgIpc) is 2.88. The molecule has 0 saturated heterocycles. The standard InChI is InChI=1S/C17H21NO2S/c1-4-20-16(19)10-13(18)14-8-9-15(21-14)17-11(2)6-5-7-12(17)3/h5-9,13H,4,10,18H2,1-3H3. The summed E-state index contributed by atoms with van der Waals surface area (Å²) in [4.78, 5) is 13.7. The molecule has 1 atom stereocenters. The van der Waals surface area contributed by atoms with Crippen molar-refractivity contribution < 1.29 is 9.53 Å². The number of nitrogens with two attached hydrogens (primary N) is 1. The van der Waals surface area contributed by atoms with Gasteiger partial charge in [0.25, 0.3) is 0 Å². The second-order valence-electron chi connectivity index (χ2n) is 5.08. The Kier molecular flexibility index (Phi) is 5.15. The van der Waals surface area contributed by atoms with E-state index in [1.165, 1.54) is 21.6 Å². The van der Waals surface area contributed by atoms with E-state index in [1.807, 2.05) is 6.07 Å². The summed E-state index contributed by atoms with van der Waals surface area (Å²) < 4.78 is 4.95. The zero-order chi connectivity index (χ0) is 15.4. The molecular weight excluding hydrogens is 282 g/mol. The first-order chi connectivity index (χ1) is 10.0. The molecule has 0 radical (unpaired) electrons. The maximum atomic E-state index is 11.5. The zero-order valence-corrected chi connectivity index (χ0v) is 13.5. The minimum atomic E-state index is -0.299. The smallest absolute Gasteiger partial charge is 0.307 e. The van der Waals surface area contributed by atoms with Gasteiger partial charge in [-0.2, -0.15) is 0 Å². The number of carbonyl (C=O) groups is 1. The molecule has 1 aromatic carbocycles. The van der Waals surface area contributed by atoms with Gasteiger partial charge in [0, 0.05) is 15.8 Å². The second-order valence-corrected chi connectivity index (χ2v) is 6.20. The normalized spacial score (nSPS) is 12.2. The number of ether oxygens (including phenoxy) is 1. The molecule has 2 rings (SSSR count). The van der Waals surface area contributed by atoms with E-state index in [-0.39, 0.29) is 18.4 Å². The van der Waals surface area contributed by atoms with Gasteiger partial charge in [0.2, 0.25) is 0 Å². The van der Waals surface area contributed by atoms with Crippen molar-refractivity contribution in [3.63, 3.8) is 0 Å². The fourth-order valence-corrected chi connectivity index (χ4v) is 3.57. The molecule has 2 N–H and O–H groups in total. The van der Waals surface area contributed by atoms with Crippen molar-refractivity contribution in [2.75, 3.05) is 6.61 Å². The van der Waals surface area contributed by atoms with Crippen LogP contribution in [0.5, 0.6) is 0 Å². The largest absolute Gasteiger partial charge is 0.466 e. The molecule has 2 aromatic rings. The Morgan fingerprint density at radius 3 is 2.52 bits per heavy atom. The SMILES string of the molecule is CCOC(=O)CC(N)c1ccc(-c2c(C)cccc2C)s1. The van der Waals surface area contributed by atoms with Crippen molar-refractivity contribution in [2.45, 2.75) is 33.2 Å². The van der Waals surface area contributed by atoms with E-state index in [0.717, 1.165) is 4.88 Å². The highest BCUT2D eigenvalue weighted by Gasteiger charge is 2.16. The number of benzene rings is 1. The highest BCUT2D eigenvalue weighted by molar-refractivity contribution is 7.15. The molecule has 112 valence electrons. The van der Waals surface area contributed by atoms with Gasteiger partial charge in [-0.05, 0) is 49.6 Å². The monoisotopic (exact) mass is 303 g/mol. The van der Waals surface area contributed by atoms with Crippen molar-refractivity contribution in [2.24, 2.45) is 5.73 Å². The van der Waals surface area contributed by atoms with Gasteiger partial charge in [0.1, 0.15) is 0 Å². The van der Waals surface area contributed by atoms with E-state index < -0.39 is 0 Å². The van der Waals surface area contributed by atoms with Crippen LogP contribution in [0.25, 0.3) is 10.4 Å². The van der Waals surface area contributed by atoms with Crippen molar-refractivity contribution in [3.8, 4) is 10.4 Å². The van der Waals surface area contributed by atoms with Crippen LogP contribution < -0.4 is 5.73 Å². The van der Waals surface area contributed by atoms with Gasteiger partial charge in [-0.15, -0.1) is 11.3 Å². The Morgan fingerprint density at radius 1 is 1.24 bits per heavy atom. The van der Waals surface area contributed by atoms with Crippen LogP contribution in [0.15, 0.2) is 30.3 Å². The molecule has 1 heterocycles. The molecule has 0 aliphatic rings. The van der Waals surface area contributed by atoms with Crippen LogP contribution in [-0.2, 0) is 9.53 Å². The molecule has 1 aromatic heterocycles. The van der Waals surface area contributed by atoms with Gasteiger partial charge in [-0.25, -0.2) is 0 Å². The highest BCUT2D eigenvalue weighted by Crippen LogP contribution is 2.35. The summed E-state index contributed by atoms with van der Waals surface area (Å²) in [7, 11) is 0. The molecule has 0 spiro atoms. The van der Waals surface area contributed by atoms with Crippen LogP contribution >= 0.6 is 11.3 Å². The topological polar surface area (TPSA) is 52.3 Å². The second kappa shape index (κ2) is 6.87.